The Morgan fingerprint density at radius 1 is 1.00 bits per heavy atom. The number of fused-ring (bicyclic) bond motifs is 5. The number of hydrogen-bond acceptors (Lipinski definition) is 10. The van der Waals surface area contributed by atoms with Crippen molar-refractivity contribution in [1.29, 1.82) is 0 Å². The lowest BCUT2D eigenvalue weighted by molar-refractivity contribution is -0.142. The number of aliphatic hydroxyl groups is 1. The van der Waals surface area contributed by atoms with E-state index in [-0.39, 0.29) is 68.5 Å². The molecule has 6 unspecified atom stereocenters. The summed E-state index contributed by atoms with van der Waals surface area (Å²) in [6.07, 6.45) is 11.8. The van der Waals surface area contributed by atoms with E-state index in [0.717, 1.165) is 38.5 Å². The van der Waals surface area contributed by atoms with Gasteiger partial charge in [-0.05, 0) is 87.2 Å². The molecule has 0 aromatic carbocycles. The van der Waals surface area contributed by atoms with Crippen LogP contribution in [0.5, 0.6) is 0 Å². The fourth-order valence-electron chi connectivity index (χ4n) is 9.70. The lowest BCUT2D eigenvalue weighted by atomic mass is 9.46. The Bertz CT molecular complexity index is 1430. The highest BCUT2D eigenvalue weighted by molar-refractivity contribution is 5.91. The number of aromatic nitrogens is 3. The fourth-order valence-corrected chi connectivity index (χ4v) is 9.70. The van der Waals surface area contributed by atoms with Gasteiger partial charge in [-0.15, -0.1) is 5.10 Å². The Labute approximate surface area is 295 Å². The van der Waals surface area contributed by atoms with E-state index >= 15 is 0 Å². The molecule has 1 aromatic heterocycles. The molecule has 1 heterocycles. The molecule has 278 valence electrons. The van der Waals surface area contributed by atoms with Gasteiger partial charge >= 0.3 is 0 Å². The average Bonchev–Trinajstić information content (AvgIpc) is 3.67. The second kappa shape index (κ2) is 16.0. The number of carbonyl (C=O) groups is 4. The van der Waals surface area contributed by atoms with Crippen molar-refractivity contribution in [3.05, 3.63) is 23.5 Å². The number of methoxy groups -OCH3 is 2. The predicted molar refractivity (Wildman–Crippen MR) is 184 cm³/mol. The van der Waals surface area contributed by atoms with E-state index in [1.807, 2.05) is 12.3 Å². The summed E-state index contributed by atoms with van der Waals surface area (Å²) in [5, 5.41) is 24.4. The molecule has 14 heteroatoms. The number of nitrogens with zero attached hydrogens (tertiary/aromatic N) is 5. The molecule has 50 heavy (non-hydrogen) atoms. The van der Waals surface area contributed by atoms with Crippen LogP contribution in [0.25, 0.3) is 0 Å². The summed E-state index contributed by atoms with van der Waals surface area (Å²) in [7, 11) is 3.02. The monoisotopic (exact) mass is 699 g/mol. The van der Waals surface area contributed by atoms with E-state index in [2.05, 4.69) is 29.5 Å². The van der Waals surface area contributed by atoms with E-state index in [1.54, 1.807) is 4.68 Å². The van der Waals surface area contributed by atoms with Gasteiger partial charge in [0.25, 0.3) is 0 Å². The number of hydrogen-bond donors (Lipinski definition) is 3. The number of ether oxygens (including phenoxy) is 2. The van der Waals surface area contributed by atoms with Gasteiger partial charge in [0.15, 0.2) is 5.78 Å². The first-order chi connectivity index (χ1) is 23.9. The highest BCUT2D eigenvalue weighted by Gasteiger charge is 2.65. The number of carbonyl (C=O) groups excluding carboxylic acids is 4. The minimum Gasteiger partial charge on any atom is -0.383 e. The van der Waals surface area contributed by atoms with Crippen LogP contribution >= 0.6 is 0 Å². The molecule has 3 fully saturated rings. The van der Waals surface area contributed by atoms with Crippen molar-refractivity contribution in [3.63, 3.8) is 0 Å². The predicted octanol–water partition coefficient (Wildman–Crippen LogP) is 1.41. The van der Waals surface area contributed by atoms with Crippen molar-refractivity contribution in [2.24, 2.45) is 34.3 Å². The first kappa shape index (κ1) is 38.0. The van der Waals surface area contributed by atoms with Crippen LogP contribution < -0.4 is 11.1 Å². The lowest BCUT2D eigenvalue weighted by Gasteiger charge is -2.59. The largest absolute Gasteiger partial charge is 0.383 e. The average molecular weight is 700 g/mol. The summed E-state index contributed by atoms with van der Waals surface area (Å²) >= 11 is 0. The molecule has 0 saturated heterocycles. The maximum absolute atomic E-state index is 13.0. The van der Waals surface area contributed by atoms with Gasteiger partial charge in [-0.1, -0.05) is 24.6 Å². The van der Waals surface area contributed by atoms with Gasteiger partial charge in [0, 0.05) is 45.7 Å². The third kappa shape index (κ3) is 7.68. The smallest absolute Gasteiger partial charge is 0.242 e. The van der Waals surface area contributed by atoms with Gasteiger partial charge in [0.1, 0.15) is 11.3 Å². The third-order valence-electron chi connectivity index (χ3n) is 12.6. The van der Waals surface area contributed by atoms with Gasteiger partial charge in [0.05, 0.1) is 39.0 Å². The standard InChI is InChI=1S/C36H57N7O7/c1-34-11-8-26(44)20-25(34)6-7-27-28(34)9-12-35(2)29(27)10-13-36(35,48)30-22-43(40-39-30)15-5-14-38-21-32(46)42(17-19-50-4)24-33(47)41(16-18-49-3)23-31(37)45/h20,22,27-29,38,48H,5-19,21,23-24H2,1-4H3,(H2,37,45). The van der Waals surface area contributed by atoms with E-state index in [4.69, 9.17) is 15.2 Å². The van der Waals surface area contributed by atoms with Gasteiger partial charge in [-0.2, -0.15) is 0 Å². The number of allylic oxidation sites excluding steroid dienone is 1. The van der Waals surface area contributed by atoms with Crippen LogP contribution in [-0.2, 0) is 40.8 Å². The summed E-state index contributed by atoms with van der Waals surface area (Å²) < 4.78 is 11.9. The van der Waals surface area contributed by atoms with Crippen LogP contribution in [0.3, 0.4) is 0 Å². The van der Waals surface area contributed by atoms with Crippen molar-refractivity contribution >= 4 is 23.5 Å². The lowest BCUT2D eigenvalue weighted by Crippen LogP contribution is -2.53. The molecule has 6 atom stereocenters. The molecular formula is C36H57N7O7. The van der Waals surface area contributed by atoms with Crippen molar-refractivity contribution < 1.29 is 33.8 Å². The Morgan fingerprint density at radius 3 is 2.40 bits per heavy atom. The van der Waals surface area contributed by atoms with Crippen molar-refractivity contribution in [2.75, 3.05) is 66.7 Å². The molecule has 0 radical (unpaired) electrons. The Morgan fingerprint density at radius 2 is 1.70 bits per heavy atom. The summed E-state index contributed by atoms with van der Waals surface area (Å²) in [5.41, 5.74) is 6.09. The summed E-state index contributed by atoms with van der Waals surface area (Å²) in [6.45, 7) is 6.22. The number of ketones is 1. The van der Waals surface area contributed by atoms with Gasteiger partial charge in [-0.3, -0.25) is 23.9 Å². The maximum atomic E-state index is 13.0. The minimum atomic E-state index is -1.04. The summed E-state index contributed by atoms with van der Waals surface area (Å²) in [5.74, 6) is 0.471. The SMILES string of the molecule is COCCN(CC(N)=O)C(=O)CN(CCOC)C(=O)CNCCCn1cc(C2(O)CCC3C4CCC5=CC(=O)CCC5(C)C4CCC32C)nn1. The van der Waals surface area contributed by atoms with E-state index in [0.29, 0.717) is 55.8 Å². The molecule has 5 rings (SSSR count). The third-order valence-corrected chi connectivity index (χ3v) is 12.6. The number of nitrogens with one attached hydrogen (secondary N) is 1. The Kier molecular flexibility index (Phi) is 12.2. The molecule has 4 aliphatic rings. The molecule has 4 aliphatic carbocycles. The summed E-state index contributed by atoms with van der Waals surface area (Å²) in [6, 6.07) is 0. The van der Waals surface area contributed by atoms with Crippen LogP contribution in [-0.4, -0.2) is 120 Å². The van der Waals surface area contributed by atoms with Crippen LogP contribution in [0.1, 0.15) is 77.3 Å². The second-order valence-electron chi connectivity index (χ2n) is 15.3. The van der Waals surface area contributed by atoms with Crippen LogP contribution in [0, 0.1) is 28.6 Å². The Balaban J connectivity index is 1.12. The normalized spacial score (nSPS) is 30.2. The molecule has 3 saturated carbocycles. The van der Waals surface area contributed by atoms with Gasteiger partial charge in [0.2, 0.25) is 17.7 Å². The molecule has 4 N–H and O–H groups in total. The molecule has 0 aliphatic heterocycles. The van der Waals surface area contributed by atoms with E-state index in [1.165, 1.54) is 29.6 Å². The molecule has 0 spiro atoms. The van der Waals surface area contributed by atoms with Crippen LogP contribution in [0.4, 0.5) is 0 Å². The zero-order valence-corrected chi connectivity index (χ0v) is 30.3. The second-order valence-corrected chi connectivity index (χ2v) is 15.3. The topological polar surface area (TPSA) is 182 Å². The maximum Gasteiger partial charge on any atom is 0.242 e. The number of nitrogens with two attached hydrogens (primary N) is 1. The number of aryl methyl sites for hydroxylation is 1. The Hall–Kier alpha value is -3.20. The number of amides is 3. The zero-order valence-electron chi connectivity index (χ0n) is 30.3. The first-order valence-electron chi connectivity index (χ1n) is 18.3. The van der Waals surface area contributed by atoms with Crippen LogP contribution in [0.15, 0.2) is 17.8 Å². The number of rotatable bonds is 17. The molecular weight excluding hydrogens is 642 g/mol. The summed E-state index contributed by atoms with van der Waals surface area (Å²) in [4.78, 5) is 52.3. The fraction of sp³-hybridized carbons (Fsp3) is 0.778. The molecule has 3 amide bonds. The minimum absolute atomic E-state index is 0.0295. The van der Waals surface area contributed by atoms with Gasteiger partial charge < -0.3 is 35.4 Å². The molecule has 0 bridgehead atoms. The highest BCUT2D eigenvalue weighted by Crippen LogP contribution is 2.69. The number of primary amides is 1. The molecule has 14 nitrogen and oxygen atoms in total. The first-order valence-corrected chi connectivity index (χ1v) is 18.3. The van der Waals surface area contributed by atoms with Crippen LogP contribution in [0.2, 0.25) is 0 Å². The van der Waals surface area contributed by atoms with Gasteiger partial charge in [-0.25, -0.2) is 0 Å². The van der Waals surface area contributed by atoms with E-state index < -0.39 is 17.4 Å². The highest BCUT2D eigenvalue weighted by atomic mass is 16.5. The quantitative estimate of drug-likeness (QED) is 0.201. The molecule has 1 aromatic rings. The van der Waals surface area contributed by atoms with Crippen molar-refractivity contribution in [3.8, 4) is 0 Å². The van der Waals surface area contributed by atoms with Crippen molar-refractivity contribution in [1.82, 2.24) is 30.1 Å². The van der Waals surface area contributed by atoms with E-state index in [9.17, 15) is 24.3 Å². The zero-order chi connectivity index (χ0) is 36.1. The van der Waals surface area contributed by atoms with Crippen molar-refractivity contribution in [2.45, 2.75) is 83.8 Å².